The van der Waals surface area contributed by atoms with E-state index in [1.165, 1.54) is 31.4 Å². The quantitative estimate of drug-likeness (QED) is 0.923. The maximum Gasteiger partial charge on any atom is 0.132 e. The molecule has 0 aromatic heterocycles. The summed E-state index contributed by atoms with van der Waals surface area (Å²) in [5, 5.41) is 10.5. The Morgan fingerprint density at radius 1 is 1.05 bits per heavy atom. The van der Waals surface area contributed by atoms with Crippen LogP contribution >= 0.6 is 0 Å². The van der Waals surface area contributed by atoms with Gasteiger partial charge in [-0.15, -0.1) is 0 Å². The summed E-state index contributed by atoms with van der Waals surface area (Å²) in [4.78, 5) is 0. The lowest BCUT2D eigenvalue weighted by molar-refractivity contribution is 0.0964. The van der Waals surface area contributed by atoms with Crippen LogP contribution in [0.5, 0.6) is 5.75 Å². The Labute approximate surface area is 123 Å². The van der Waals surface area contributed by atoms with Gasteiger partial charge in [0.15, 0.2) is 0 Å². The van der Waals surface area contributed by atoms with Crippen LogP contribution in [0.3, 0.4) is 0 Å². The molecule has 1 unspecified atom stereocenters. The van der Waals surface area contributed by atoms with Crippen LogP contribution in [0.25, 0.3) is 0 Å². The molecule has 21 heavy (non-hydrogen) atoms. The largest absolute Gasteiger partial charge is 0.497 e. The van der Waals surface area contributed by atoms with Crippen molar-refractivity contribution in [3.8, 4) is 5.75 Å². The van der Waals surface area contributed by atoms with Crippen LogP contribution < -0.4 is 4.74 Å². The second-order valence-electron chi connectivity index (χ2n) is 5.52. The molecule has 0 aliphatic rings. The molecule has 2 aromatic carbocycles. The molecule has 0 saturated carbocycles. The predicted molar refractivity (Wildman–Crippen MR) is 77.3 cm³/mol. The minimum atomic E-state index is -1.06. The van der Waals surface area contributed by atoms with Crippen molar-refractivity contribution in [3.05, 3.63) is 65.2 Å². The molecule has 2 aromatic rings. The lowest BCUT2D eigenvalue weighted by atomic mass is 9.76. The van der Waals surface area contributed by atoms with Crippen molar-refractivity contribution < 1.29 is 18.6 Å². The zero-order chi connectivity index (χ0) is 15.6. The van der Waals surface area contributed by atoms with Gasteiger partial charge < -0.3 is 9.84 Å². The van der Waals surface area contributed by atoms with E-state index in [4.69, 9.17) is 4.74 Å². The highest BCUT2D eigenvalue weighted by atomic mass is 19.1. The predicted octanol–water partition coefficient (Wildman–Crippen LogP) is 3.98. The third-order valence-electron chi connectivity index (χ3n) is 3.77. The van der Waals surface area contributed by atoms with Gasteiger partial charge in [-0.05, 0) is 29.8 Å². The van der Waals surface area contributed by atoms with E-state index >= 15 is 0 Å². The minimum absolute atomic E-state index is 0.185. The number of hydrogen-bond donors (Lipinski definition) is 1. The Hall–Kier alpha value is -1.94. The zero-order valence-electron chi connectivity index (χ0n) is 12.2. The van der Waals surface area contributed by atoms with Crippen LogP contribution in [0.15, 0.2) is 42.5 Å². The molecular formula is C17H18F2O2. The molecule has 0 saturated heterocycles. The van der Waals surface area contributed by atoms with Crippen molar-refractivity contribution in [2.24, 2.45) is 0 Å². The number of hydrogen-bond acceptors (Lipinski definition) is 2. The van der Waals surface area contributed by atoms with Gasteiger partial charge in [0, 0.05) is 17.0 Å². The first kappa shape index (κ1) is 15.4. The topological polar surface area (TPSA) is 29.5 Å². The fraction of sp³-hybridized carbons (Fsp3) is 0.294. The summed E-state index contributed by atoms with van der Waals surface area (Å²) >= 11 is 0. The van der Waals surface area contributed by atoms with Crippen LogP contribution in [0, 0.1) is 11.6 Å². The molecule has 1 N–H and O–H groups in total. The van der Waals surface area contributed by atoms with Gasteiger partial charge in [-0.2, -0.15) is 0 Å². The smallest absolute Gasteiger partial charge is 0.132 e. The monoisotopic (exact) mass is 292 g/mol. The first-order chi connectivity index (χ1) is 9.86. The Morgan fingerprint density at radius 3 is 2.19 bits per heavy atom. The minimum Gasteiger partial charge on any atom is -0.497 e. The van der Waals surface area contributed by atoms with Gasteiger partial charge in [-0.1, -0.05) is 26.0 Å². The van der Waals surface area contributed by atoms with Crippen molar-refractivity contribution in [3.63, 3.8) is 0 Å². The first-order valence-corrected chi connectivity index (χ1v) is 6.64. The van der Waals surface area contributed by atoms with Crippen molar-refractivity contribution in [2.75, 3.05) is 7.11 Å². The van der Waals surface area contributed by atoms with Crippen molar-refractivity contribution in [2.45, 2.75) is 25.4 Å². The van der Waals surface area contributed by atoms with Gasteiger partial charge in [0.25, 0.3) is 0 Å². The number of methoxy groups -OCH3 is 1. The lowest BCUT2D eigenvalue weighted by Crippen LogP contribution is -2.27. The van der Waals surface area contributed by atoms with Gasteiger partial charge in [-0.3, -0.25) is 0 Å². The normalized spacial score (nSPS) is 13.0. The number of rotatable bonds is 4. The van der Waals surface area contributed by atoms with E-state index in [0.29, 0.717) is 5.75 Å². The molecule has 0 bridgehead atoms. The Balaban J connectivity index is 2.37. The highest BCUT2D eigenvalue weighted by molar-refractivity contribution is 5.35. The molecule has 0 spiro atoms. The third-order valence-corrected chi connectivity index (χ3v) is 3.77. The second kappa shape index (κ2) is 5.82. The molecule has 4 heteroatoms. The first-order valence-electron chi connectivity index (χ1n) is 6.64. The Morgan fingerprint density at radius 2 is 1.67 bits per heavy atom. The van der Waals surface area contributed by atoms with Gasteiger partial charge in [-0.25, -0.2) is 8.78 Å². The molecular weight excluding hydrogens is 274 g/mol. The maximum atomic E-state index is 14.1. The molecule has 1 atom stereocenters. The number of ether oxygens (including phenoxy) is 1. The standard InChI is InChI=1S/C17H18F2O2/c1-17(2,11-4-6-12(18)7-5-11)16(20)14-9-8-13(21-3)10-15(14)19/h4-10,16,20H,1-3H3. The van der Waals surface area contributed by atoms with E-state index in [0.717, 1.165) is 5.56 Å². The number of benzene rings is 2. The van der Waals surface area contributed by atoms with Crippen LogP contribution in [0.2, 0.25) is 0 Å². The van der Waals surface area contributed by atoms with Crippen molar-refractivity contribution >= 4 is 0 Å². The van der Waals surface area contributed by atoms with Gasteiger partial charge in [0.1, 0.15) is 17.4 Å². The summed E-state index contributed by atoms with van der Waals surface area (Å²) in [6, 6.07) is 10.2. The number of aliphatic hydroxyl groups is 1. The Bertz CT molecular complexity index is 621. The fourth-order valence-corrected chi connectivity index (χ4v) is 2.28. The summed E-state index contributed by atoms with van der Waals surface area (Å²) in [7, 11) is 1.45. The number of aliphatic hydroxyl groups excluding tert-OH is 1. The Kier molecular flexibility index (Phi) is 4.28. The average molecular weight is 292 g/mol. The highest BCUT2D eigenvalue weighted by Gasteiger charge is 2.32. The molecule has 0 amide bonds. The molecule has 2 rings (SSSR count). The van der Waals surface area contributed by atoms with Gasteiger partial charge >= 0.3 is 0 Å². The molecule has 2 nitrogen and oxygen atoms in total. The van der Waals surface area contributed by atoms with E-state index < -0.39 is 17.3 Å². The van der Waals surface area contributed by atoms with E-state index in [1.807, 2.05) is 0 Å². The van der Waals surface area contributed by atoms with Gasteiger partial charge in [0.05, 0.1) is 13.2 Å². The fourth-order valence-electron chi connectivity index (χ4n) is 2.28. The molecule has 0 radical (unpaired) electrons. The van der Waals surface area contributed by atoms with E-state index in [1.54, 1.807) is 32.0 Å². The molecule has 0 aliphatic carbocycles. The van der Waals surface area contributed by atoms with Crippen LogP contribution in [-0.4, -0.2) is 12.2 Å². The zero-order valence-corrected chi connectivity index (χ0v) is 12.2. The van der Waals surface area contributed by atoms with E-state index in [-0.39, 0.29) is 11.4 Å². The maximum absolute atomic E-state index is 14.1. The lowest BCUT2D eigenvalue weighted by Gasteiger charge is -2.31. The van der Waals surface area contributed by atoms with Crippen LogP contribution in [0.4, 0.5) is 8.78 Å². The van der Waals surface area contributed by atoms with Crippen LogP contribution in [-0.2, 0) is 5.41 Å². The summed E-state index contributed by atoms with van der Waals surface area (Å²) in [5.74, 6) is -0.486. The SMILES string of the molecule is COc1ccc(C(O)C(C)(C)c2ccc(F)cc2)c(F)c1. The summed E-state index contributed by atoms with van der Waals surface area (Å²) in [6.07, 6.45) is -1.06. The molecule has 112 valence electrons. The number of halogens is 2. The van der Waals surface area contributed by atoms with Gasteiger partial charge in [0.2, 0.25) is 0 Å². The highest BCUT2D eigenvalue weighted by Crippen LogP contribution is 2.38. The average Bonchev–Trinajstić information content (AvgIpc) is 2.46. The summed E-state index contributed by atoms with van der Waals surface area (Å²) in [5.41, 5.74) is 0.153. The van der Waals surface area contributed by atoms with E-state index in [2.05, 4.69) is 0 Å². The summed E-state index contributed by atoms with van der Waals surface area (Å²) < 4.78 is 32.1. The molecule has 0 aliphatic heterocycles. The third kappa shape index (κ3) is 3.05. The second-order valence-corrected chi connectivity index (χ2v) is 5.52. The molecule has 0 fully saturated rings. The van der Waals surface area contributed by atoms with Crippen molar-refractivity contribution in [1.29, 1.82) is 0 Å². The summed E-state index contributed by atoms with van der Waals surface area (Å²) in [6.45, 7) is 3.57. The molecule has 0 heterocycles. The van der Waals surface area contributed by atoms with Crippen LogP contribution in [0.1, 0.15) is 31.1 Å². The van der Waals surface area contributed by atoms with E-state index in [9.17, 15) is 13.9 Å². The van der Waals surface area contributed by atoms with Crippen molar-refractivity contribution in [1.82, 2.24) is 0 Å².